The van der Waals surface area contributed by atoms with E-state index in [1.54, 1.807) is 24.3 Å². The van der Waals surface area contributed by atoms with Gasteiger partial charge in [-0.2, -0.15) is 0 Å². The van der Waals surface area contributed by atoms with Crippen LogP contribution in [0, 0.1) is 0 Å². The third kappa shape index (κ3) is 2.14. The lowest BCUT2D eigenvalue weighted by Gasteiger charge is -2.16. The number of rotatable bonds is 3. The predicted octanol–water partition coefficient (Wildman–Crippen LogP) is 1.19. The first-order valence-electron chi connectivity index (χ1n) is 6.64. The van der Waals surface area contributed by atoms with Crippen LogP contribution in [0.2, 0.25) is 0 Å². The number of nitrogens with zero attached hydrogens (tertiary/aromatic N) is 1. The number of fused-ring (bicyclic) bond motifs is 1. The fourth-order valence-electron chi connectivity index (χ4n) is 2.47. The Hall–Kier alpha value is -3.02. The van der Waals surface area contributed by atoms with Gasteiger partial charge in [0.1, 0.15) is 5.76 Å². The minimum atomic E-state index is -0.790. The van der Waals surface area contributed by atoms with Gasteiger partial charge in [0.05, 0.1) is 11.1 Å². The molecule has 1 N–H and O–H groups in total. The molecule has 0 fully saturated rings. The fraction of sp³-hybridized carbons (Fsp3) is 0.125. The summed E-state index contributed by atoms with van der Waals surface area (Å²) in [5, 5.41) is 9.67. The first-order chi connectivity index (χ1) is 10.5. The highest BCUT2D eigenvalue weighted by Gasteiger charge is 2.35. The Morgan fingerprint density at radius 3 is 2.00 bits per heavy atom. The molecule has 6 nitrogen and oxygen atoms in total. The first kappa shape index (κ1) is 13.9. The number of hydrogen-bond donors (Lipinski definition) is 1. The van der Waals surface area contributed by atoms with Crippen LogP contribution in [-0.4, -0.2) is 39.9 Å². The van der Waals surface area contributed by atoms with Crippen LogP contribution in [0.3, 0.4) is 0 Å². The van der Waals surface area contributed by atoms with Gasteiger partial charge >= 0.3 is 0 Å². The van der Waals surface area contributed by atoms with Gasteiger partial charge in [-0.25, -0.2) is 0 Å². The van der Waals surface area contributed by atoms with Crippen molar-refractivity contribution in [2.24, 2.45) is 0 Å². The number of imide groups is 1. The van der Waals surface area contributed by atoms with Gasteiger partial charge in [0, 0.05) is 12.6 Å². The van der Waals surface area contributed by atoms with Crippen molar-refractivity contribution in [3.8, 4) is 0 Å². The van der Waals surface area contributed by atoms with Crippen molar-refractivity contribution < 1.29 is 24.3 Å². The van der Waals surface area contributed by atoms with E-state index in [4.69, 9.17) is 0 Å². The van der Waals surface area contributed by atoms with E-state index < -0.39 is 23.4 Å². The third-order valence-electron chi connectivity index (χ3n) is 3.63. The second-order valence-corrected chi connectivity index (χ2v) is 4.99. The van der Waals surface area contributed by atoms with E-state index >= 15 is 0 Å². The van der Waals surface area contributed by atoms with E-state index in [0.29, 0.717) is 11.1 Å². The van der Waals surface area contributed by atoms with Gasteiger partial charge in [-0.05, 0) is 30.2 Å². The zero-order valence-corrected chi connectivity index (χ0v) is 11.4. The second-order valence-electron chi connectivity index (χ2n) is 4.99. The number of allylic oxidation sites excluding steroid dienone is 3. The van der Waals surface area contributed by atoms with E-state index in [0.717, 1.165) is 17.1 Å². The van der Waals surface area contributed by atoms with Crippen LogP contribution in [0.5, 0.6) is 0 Å². The zero-order valence-electron chi connectivity index (χ0n) is 11.4. The highest BCUT2D eigenvalue weighted by molar-refractivity contribution is 6.46. The maximum Gasteiger partial charge on any atom is 0.261 e. The molecule has 1 aromatic rings. The van der Waals surface area contributed by atoms with Crippen molar-refractivity contribution in [3.05, 3.63) is 58.9 Å². The van der Waals surface area contributed by atoms with Crippen molar-refractivity contribution in [3.63, 3.8) is 0 Å². The van der Waals surface area contributed by atoms with Crippen molar-refractivity contribution in [2.75, 3.05) is 6.54 Å². The summed E-state index contributed by atoms with van der Waals surface area (Å²) in [7, 11) is 0. The van der Waals surface area contributed by atoms with Crippen LogP contribution in [0.25, 0.3) is 0 Å². The van der Waals surface area contributed by atoms with Crippen molar-refractivity contribution in [2.45, 2.75) is 6.42 Å². The maximum atomic E-state index is 12.2. The monoisotopic (exact) mass is 297 g/mol. The topological polar surface area (TPSA) is 91.8 Å². The average Bonchev–Trinajstić information content (AvgIpc) is 2.74. The number of carbonyl (C=O) groups excluding carboxylic acids is 4. The minimum Gasteiger partial charge on any atom is -0.508 e. The molecule has 3 rings (SSSR count). The molecule has 1 aromatic carbocycles. The molecule has 1 aliphatic carbocycles. The smallest absolute Gasteiger partial charge is 0.261 e. The quantitative estimate of drug-likeness (QED) is 0.514. The fourth-order valence-corrected chi connectivity index (χ4v) is 2.47. The Morgan fingerprint density at radius 1 is 0.864 bits per heavy atom. The van der Waals surface area contributed by atoms with Gasteiger partial charge in [0.15, 0.2) is 0 Å². The summed E-state index contributed by atoms with van der Waals surface area (Å²) in [5.74, 6) is -2.62. The molecule has 0 saturated heterocycles. The Kier molecular flexibility index (Phi) is 3.21. The van der Waals surface area contributed by atoms with E-state index in [9.17, 15) is 24.3 Å². The highest BCUT2D eigenvalue weighted by atomic mass is 16.3. The summed E-state index contributed by atoms with van der Waals surface area (Å²) < 4.78 is 0. The summed E-state index contributed by atoms with van der Waals surface area (Å²) in [6.07, 6.45) is 1.99. The number of aliphatic hydroxyl groups is 1. The molecule has 2 amide bonds. The number of carbonyl (C=O) groups is 4. The molecule has 1 aliphatic heterocycles. The number of ketones is 2. The summed E-state index contributed by atoms with van der Waals surface area (Å²) in [4.78, 5) is 47.8. The summed E-state index contributed by atoms with van der Waals surface area (Å²) in [6, 6.07) is 6.51. The molecule has 0 bridgehead atoms. The number of hydrogen-bond acceptors (Lipinski definition) is 5. The lowest BCUT2D eigenvalue weighted by atomic mass is 10.0. The van der Waals surface area contributed by atoms with Gasteiger partial charge < -0.3 is 5.11 Å². The Bertz CT molecular complexity index is 752. The maximum absolute atomic E-state index is 12.2. The standard InChI is InChI=1S/C16H11NO5/c18-12-8-14(20)13(19)7-9(12)5-6-17-15(21)10-3-1-2-4-11(10)16(17)22/h1-4,7-8,18H,5-6H2. The number of benzene rings is 1. The number of amides is 2. The molecular formula is C16H11NO5. The Labute approximate surface area is 125 Å². The minimum absolute atomic E-state index is 0.0253. The van der Waals surface area contributed by atoms with Gasteiger partial charge in [-0.3, -0.25) is 24.1 Å². The molecule has 0 aromatic heterocycles. The molecule has 1 heterocycles. The predicted molar refractivity (Wildman–Crippen MR) is 75.2 cm³/mol. The molecule has 0 spiro atoms. The van der Waals surface area contributed by atoms with Crippen LogP contribution in [-0.2, 0) is 9.59 Å². The van der Waals surface area contributed by atoms with Crippen molar-refractivity contribution in [1.29, 1.82) is 0 Å². The molecule has 0 radical (unpaired) electrons. The lowest BCUT2D eigenvalue weighted by molar-refractivity contribution is -0.131. The molecule has 0 saturated carbocycles. The van der Waals surface area contributed by atoms with Gasteiger partial charge in [0.2, 0.25) is 11.6 Å². The Balaban J connectivity index is 1.77. The van der Waals surface area contributed by atoms with E-state index in [-0.39, 0.29) is 24.3 Å². The first-order valence-corrected chi connectivity index (χ1v) is 6.64. The van der Waals surface area contributed by atoms with E-state index in [2.05, 4.69) is 0 Å². The average molecular weight is 297 g/mol. The zero-order chi connectivity index (χ0) is 15.9. The molecule has 22 heavy (non-hydrogen) atoms. The van der Waals surface area contributed by atoms with Gasteiger partial charge in [0.25, 0.3) is 11.8 Å². The van der Waals surface area contributed by atoms with Crippen LogP contribution in [0.4, 0.5) is 0 Å². The largest absolute Gasteiger partial charge is 0.508 e. The van der Waals surface area contributed by atoms with Gasteiger partial charge in [-0.15, -0.1) is 0 Å². The molecular weight excluding hydrogens is 286 g/mol. The summed E-state index contributed by atoms with van der Waals surface area (Å²) >= 11 is 0. The van der Waals surface area contributed by atoms with Gasteiger partial charge in [-0.1, -0.05) is 12.1 Å². The van der Waals surface area contributed by atoms with E-state index in [1.165, 1.54) is 0 Å². The number of aliphatic hydroxyl groups excluding tert-OH is 1. The van der Waals surface area contributed by atoms with E-state index in [1.807, 2.05) is 0 Å². The van der Waals surface area contributed by atoms with Crippen molar-refractivity contribution in [1.82, 2.24) is 4.90 Å². The Morgan fingerprint density at radius 2 is 1.41 bits per heavy atom. The van der Waals surface area contributed by atoms with Crippen LogP contribution >= 0.6 is 0 Å². The second kappa shape index (κ2) is 5.07. The SMILES string of the molecule is O=C1C=C(O)C(CCN2C(=O)c3ccccc3C2=O)=CC1=O. The summed E-state index contributed by atoms with van der Waals surface area (Å²) in [5.41, 5.74) is 0.924. The van der Waals surface area contributed by atoms with Crippen LogP contribution in [0.1, 0.15) is 27.1 Å². The van der Waals surface area contributed by atoms with Crippen LogP contribution in [0.15, 0.2) is 47.7 Å². The third-order valence-corrected chi connectivity index (χ3v) is 3.63. The lowest BCUT2D eigenvalue weighted by Crippen LogP contribution is -2.31. The molecule has 6 heteroatoms. The molecule has 0 atom stereocenters. The normalized spacial score (nSPS) is 17.5. The van der Waals surface area contributed by atoms with Crippen LogP contribution < -0.4 is 0 Å². The summed E-state index contributed by atoms with van der Waals surface area (Å²) in [6.45, 7) is 0.0253. The van der Waals surface area contributed by atoms with Crippen molar-refractivity contribution >= 4 is 23.4 Å². The molecule has 0 unspecified atom stereocenters. The molecule has 110 valence electrons. The highest BCUT2D eigenvalue weighted by Crippen LogP contribution is 2.24. The molecule has 2 aliphatic rings.